The van der Waals surface area contributed by atoms with E-state index < -0.39 is 18.0 Å². The molecule has 4 nitrogen and oxygen atoms in total. The molecule has 0 saturated heterocycles. The van der Waals surface area contributed by atoms with Gasteiger partial charge in [-0.3, -0.25) is 4.79 Å². The Bertz CT molecular complexity index is 332. The molecule has 0 aliphatic rings. The van der Waals surface area contributed by atoms with Crippen molar-refractivity contribution in [2.75, 3.05) is 0 Å². The van der Waals surface area contributed by atoms with Crippen LogP contribution in [0.2, 0.25) is 0 Å². The molecule has 26 heavy (non-hydrogen) atoms. The van der Waals surface area contributed by atoms with Gasteiger partial charge in [0.1, 0.15) is 6.10 Å². The van der Waals surface area contributed by atoms with Gasteiger partial charge in [0.2, 0.25) is 0 Å². The van der Waals surface area contributed by atoms with Crippen molar-refractivity contribution < 1.29 is 19.4 Å². The zero-order valence-electron chi connectivity index (χ0n) is 17.3. The predicted molar refractivity (Wildman–Crippen MR) is 108 cm³/mol. The predicted octanol–water partition coefficient (Wildman–Crippen LogP) is 5.32. The van der Waals surface area contributed by atoms with E-state index in [-0.39, 0.29) is 44.2 Å². The Hall–Kier alpha value is 0.360. The van der Waals surface area contributed by atoms with E-state index in [9.17, 15) is 9.59 Å². The van der Waals surface area contributed by atoms with Crippen LogP contribution in [-0.2, 0) is 14.3 Å². The maximum Gasteiger partial charge on any atom is 2.00 e. The van der Waals surface area contributed by atoms with Gasteiger partial charge in [-0.25, -0.2) is 4.79 Å². The minimum atomic E-state index is -1.23. The van der Waals surface area contributed by atoms with Crippen molar-refractivity contribution in [1.82, 2.24) is 0 Å². The summed E-state index contributed by atoms with van der Waals surface area (Å²) in [4.78, 5) is 22.4. The fraction of sp³-hybridized carbons (Fsp3) is 0.905. The summed E-state index contributed by atoms with van der Waals surface area (Å²) in [5.41, 5.74) is 0. The third kappa shape index (κ3) is 20.7. The zero-order valence-corrected chi connectivity index (χ0v) is 19.5. The Morgan fingerprint density at radius 1 is 0.731 bits per heavy atom. The molecule has 0 radical (unpaired) electrons. The molecule has 0 saturated carbocycles. The molecule has 0 rings (SSSR count). The van der Waals surface area contributed by atoms with Gasteiger partial charge in [0, 0.05) is 6.42 Å². The van der Waals surface area contributed by atoms with Crippen LogP contribution in [0.1, 0.15) is 117 Å². The van der Waals surface area contributed by atoms with Crippen molar-refractivity contribution in [3.8, 4) is 0 Å². The van der Waals surface area contributed by atoms with Gasteiger partial charge in [-0.15, -0.1) is 0 Å². The molecular weight excluding hydrogens is 356 g/mol. The van der Waals surface area contributed by atoms with E-state index in [0.717, 1.165) is 19.3 Å². The SMILES string of the molecule is CCCCCCCCCCCCCCCCCC(=O)OC(=O)C(C)O.[Ca+2]. The number of hydrogen-bond donors (Lipinski definition) is 1. The van der Waals surface area contributed by atoms with Gasteiger partial charge in [-0.2, -0.15) is 0 Å². The number of aliphatic hydroxyl groups excluding tert-OH is 1. The molecule has 0 aromatic heterocycles. The Morgan fingerprint density at radius 2 is 1.08 bits per heavy atom. The first-order valence-electron chi connectivity index (χ1n) is 10.5. The van der Waals surface area contributed by atoms with Gasteiger partial charge >= 0.3 is 49.7 Å². The van der Waals surface area contributed by atoms with Gasteiger partial charge in [-0.1, -0.05) is 96.8 Å². The number of rotatable bonds is 17. The normalized spacial score (nSPS) is 11.7. The molecule has 0 aliphatic heterocycles. The van der Waals surface area contributed by atoms with Crippen molar-refractivity contribution in [3.05, 3.63) is 0 Å². The van der Waals surface area contributed by atoms with Gasteiger partial charge in [-0.05, 0) is 13.3 Å². The molecule has 0 heterocycles. The quantitative estimate of drug-likeness (QED) is 0.156. The molecule has 0 amide bonds. The first-order chi connectivity index (χ1) is 12.1. The Kier molecular flexibility index (Phi) is 23.8. The number of carbonyl (C=O) groups excluding carboxylic acids is 2. The van der Waals surface area contributed by atoms with E-state index in [2.05, 4.69) is 11.7 Å². The molecule has 0 aromatic carbocycles. The smallest absolute Gasteiger partial charge is 0.391 e. The maximum absolute atomic E-state index is 11.3. The van der Waals surface area contributed by atoms with Crippen LogP contribution in [0.3, 0.4) is 0 Å². The topological polar surface area (TPSA) is 63.6 Å². The molecule has 0 bridgehead atoms. The average Bonchev–Trinajstić information content (AvgIpc) is 2.58. The number of hydrogen-bond acceptors (Lipinski definition) is 4. The van der Waals surface area contributed by atoms with E-state index in [0.29, 0.717) is 0 Å². The van der Waals surface area contributed by atoms with E-state index in [1.54, 1.807) is 0 Å². The van der Waals surface area contributed by atoms with Crippen molar-refractivity contribution in [1.29, 1.82) is 0 Å². The van der Waals surface area contributed by atoms with Crippen LogP contribution in [0.4, 0.5) is 0 Å². The Balaban J connectivity index is 0. The van der Waals surface area contributed by atoms with E-state index in [4.69, 9.17) is 5.11 Å². The van der Waals surface area contributed by atoms with Gasteiger partial charge < -0.3 is 9.84 Å². The molecule has 1 atom stereocenters. The van der Waals surface area contributed by atoms with Crippen molar-refractivity contribution in [2.24, 2.45) is 0 Å². The first kappa shape index (κ1) is 28.6. The third-order valence-electron chi connectivity index (χ3n) is 4.54. The van der Waals surface area contributed by atoms with Crippen LogP contribution in [0, 0.1) is 0 Å². The molecule has 5 heteroatoms. The second-order valence-electron chi connectivity index (χ2n) is 7.17. The fourth-order valence-electron chi connectivity index (χ4n) is 2.89. The molecular formula is C21H40CaO4+2. The van der Waals surface area contributed by atoms with Crippen LogP contribution < -0.4 is 0 Å². The third-order valence-corrected chi connectivity index (χ3v) is 4.54. The summed E-state index contributed by atoms with van der Waals surface area (Å²) in [6.45, 7) is 3.55. The maximum atomic E-state index is 11.3. The molecule has 0 aliphatic carbocycles. The van der Waals surface area contributed by atoms with Crippen LogP contribution in [0.25, 0.3) is 0 Å². The standard InChI is InChI=1S/C21H40O4.Ca/c1-3-4-5-6-7-8-9-10-11-12-13-14-15-16-17-18-20(23)25-21(24)19(2)22;/h19,22H,3-18H2,1-2H3;/q;+2. The van der Waals surface area contributed by atoms with Crippen LogP contribution in [0.5, 0.6) is 0 Å². The van der Waals surface area contributed by atoms with Crippen molar-refractivity contribution in [3.63, 3.8) is 0 Å². The number of aliphatic hydroxyl groups is 1. The van der Waals surface area contributed by atoms with Crippen molar-refractivity contribution >= 4 is 49.7 Å². The minimum absolute atomic E-state index is 0. The molecule has 148 valence electrons. The Labute approximate surface area is 190 Å². The van der Waals surface area contributed by atoms with Crippen LogP contribution in [-0.4, -0.2) is 60.9 Å². The monoisotopic (exact) mass is 396 g/mol. The van der Waals surface area contributed by atoms with E-state index in [1.165, 1.54) is 84.0 Å². The number of esters is 2. The van der Waals surface area contributed by atoms with E-state index in [1.807, 2.05) is 0 Å². The van der Waals surface area contributed by atoms with Gasteiger partial charge in [0.05, 0.1) is 0 Å². The fourth-order valence-corrected chi connectivity index (χ4v) is 2.89. The van der Waals surface area contributed by atoms with Gasteiger partial charge in [0.15, 0.2) is 0 Å². The largest absolute Gasteiger partial charge is 2.00 e. The van der Waals surface area contributed by atoms with Gasteiger partial charge in [0.25, 0.3) is 0 Å². The van der Waals surface area contributed by atoms with Crippen molar-refractivity contribution in [2.45, 2.75) is 123 Å². The van der Waals surface area contributed by atoms with E-state index >= 15 is 0 Å². The molecule has 0 fully saturated rings. The summed E-state index contributed by atoms with van der Waals surface area (Å²) in [5.74, 6) is -1.38. The minimum Gasteiger partial charge on any atom is -0.391 e. The average molecular weight is 397 g/mol. The summed E-state index contributed by atoms with van der Waals surface area (Å²) >= 11 is 0. The summed E-state index contributed by atoms with van der Waals surface area (Å²) in [5, 5.41) is 8.95. The molecule has 1 unspecified atom stereocenters. The van der Waals surface area contributed by atoms with Crippen LogP contribution in [0.15, 0.2) is 0 Å². The molecule has 1 N–H and O–H groups in total. The Morgan fingerprint density at radius 3 is 1.42 bits per heavy atom. The second kappa shape index (κ2) is 21.7. The number of ether oxygens (including phenoxy) is 1. The number of unbranched alkanes of at least 4 members (excludes halogenated alkanes) is 14. The summed E-state index contributed by atoms with van der Waals surface area (Å²) in [6.07, 6.45) is 18.2. The van der Waals surface area contributed by atoms with Crippen LogP contribution >= 0.6 is 0 Å². The molecule has 0 aromatic rings. The summed E-state index contributed by atoms with van der Waals surface area (Å²) in [7, 11) is 0. The molecule has 0 spiro atoms. The second-order valence-corrected chi connectivity index (χ2v) is 7.17. The zero-order chi connectivity index (χ0) is 18.8. The first-order valence-corrected chi connectivity index (χ1v) is 10.5. The summed E-state index contributed by atoms with van der Waals surface area (Å²) in [6, 6.07) is 0. The summed E-state index contributed by atoms with van der Waals surface area (Å²) < 4.78 is 4.50. The number of carbonyl (C=O) groups is 2.